The van der Waals surface area contributed by atoms with Gasteiger partial charge in [0.1, 0.15) is 0 Å². The van der Waals surface area contributed by atoms with Crippen LogP contribution in [0.15, 0.2) is 48.0 Å². The van der Waals surface area contributed by atoms with Crippen molar-refractivity contribution in [2.75, 3.05) is 23.8 Å². The van der Waals surface area contributed by atoms with Crippen LogP contribution in [0.5, 0.6) is 11.5 Å². The van der Waals surface area contributed by atoms with Gasteiger partial charge < -0.3 is 14.8 Å². The molecule has 0 unspecified atom stereocenters. The minimum Gasteiger partial charge on any atom is -0.489 e. The van der Waals surface area contributed by atoms with Crippen molar-refractivity contribution in [2.45, 2.75) is 6.42 Å². The summed E-state index contributed by atoms with van der Waals surface area (Å²) in [5.41, 5.74) is 1.35. The SMILES string of the molecule is O=C(Nc1ccc(C(=O)Nc2nccs2)cc1)c1cc(Cl)c2c(c1)OCCCO2. The second-order valence-corrected chi connectivity index (χ2v) is 7.46. The summed E-state index contributed by atoms with van der Waals surface area (Å²) in [4.78, 5) is 28.8. The van der Waals surface area contributed by atoms with E-state index in [-0.39, 0.29) is 11.8 Å². The Kier molecular flexibility index (Phi) is 5.64. The van der Waals surface area contributed by atoms with Crippen LogP contribution in [0.4, 0.5) is 10.8 Å². The highest BCUT2D eigenvalue weighted by atomic mass is 35.5. The predicted molar refractivity (Wildman–Crippen MR) is 112 cm³/mol. The van der Waals surface area contributed by atoms with Gasteiger partial charge in [-0.2, -0.15) is 0 Å². The molecule has 0 bridgehead atoms. The van der Waals surface area contributed by atoms with Crippen molar-refractivity contribution in [3.05, 3.63) is 64.1 Å². The van der Waals surface area contributed by atoms with Gasteiger partial charge in [-0.05, 0) is 36.4 Å². The first kappa shape index (κ1) is 19.2. The van der Waals surface area contributed by atoms with E-state index in [9.17, 15) is 9.59 Å². The highest BCUT2D eigenvalue weighted by Crippen LogP contribution is 2.38. The summed E-state index contributed by atoms with van der Waals surface area (Å²) in [7, 11) is 0. The van der Waals surface area contributed by atoms with E-state index in [1.807, 2.05) is 0 Å². The molecule has 0 fully saturated rings. The number of nitrogens with one attached hydrogen (secondary N) is 2. The van der Waals surface area contributed by atoms with E-state index in [0.717, 1.165) is 6.42 Å². The van der Waals surface area contributed by atoms with Crippen LogP contribution in [0.1, 0.15) is 27.1 Å². The molecule has 0 aliphatic carbocycles. The predicted octanol–water partition coefficient (Wildman–Crippen LogP) is 4.46. The van der Waals surface area contributed by atoms with Crippen LogP contribution in [0, 0.1) is 0 Å². The lowest BCUT2D eigenvalue weighted by molar-refractivity contribution is 0.101. The Morgan fingerprint density at radius 3 is 2.52 bits per heavy atom. The van der Waals surface area contributed by atoms with Gasteiger partial charge in [0, 0.05) is 34.8 Å². The molecule has 2 heterocycles. The van der Waals surface area contributed by atoms with E-state index < -0.39 is 0 Å². The van der Waals surface area contributed by atoms with Crippen molar-refractivity contribution in [1.82, 2.24) is 4.98 Å². The maximum Gasteiger partial charge on any atom is 0.257 e. The van der Waals surface area contributed by atoms with Gasteiger partial charge in [0.25, 0.3) is 11.8 Å². The third-order valence-electron chi connectivity index (χ3n) is 4.12. The summed E-state index contributed by atoms with van der Waals surface area (Å²) in [5, 5.41) is 8.12. The van der Waals surface area contributed by atoms with Crippen molar-refractivity contribution >= 4 is 45.6 Å². The Labute approximate surface area is 175 Å². The zero-order valence-electron chi connectivity index (χ0n) is 15.1. The lowest BCUT2D eigenvalue weighted by Crippen LogP contribution is -2.14. The van der Waals surface area contributed by atoms with E-state index in [2.05, 4.69) is 15.6 Å². The van der Waals surface area contributed by atoms with Gasteiger partial charge in [-0.15, -0.1) is 11.3 Å². The number of thiazole rings is 1. The smallest absolute Gasteiger partial charge is 0.257 e. The first-order valence-electron chi connectivity index (χ1n) is 8.81. The Bertz CT molecular complexity index is 1040. The molecule has 4 rings (SSSR count). The third-order valence-corrected chi connectivity index (χ3v) is 5.09. The Morgan fingerprint density at radius 1 is 1.00 bits per heavy atom. The van der Waals surface area contributed by atoms with Gasteiger partial charge in [0.15, 0.2) is 16.6 Å². The van der Waals surface area contributed by atoms with E-state index in [4.69, 9.17) is 21.1 Å². The fourth-order valence-electron chi connectivity index (χ4n) is 2.72. The van der Waals surface area contributed by atoms with Crippen LogP contribution in [-0.4, -0.2) is 30.0 Å². The molecule has 2 amide bonds. The van der Waals surface area contributed by atoms with Gasteiger partial charge >= 0.3 is 0 Å². The van der Waals surface area contributed by atoms with Gasteiger partial charge in [0.05, 0.1) is 18.2 Å². The summed E-state index contributed by atoms with van der Waals surface area (Å²) in [6.45, 7) is 1.01. The molecular weight excluding hydrogens is 414 g/mol. The summed E-state index contributed by atoms with van der Waals surface area (Å²) >= 11 is 7.58. The number of halogens is 1. The topological polar surface area (TPSA) is 89.6 Å². The highest BCUT2D eigenvalue weighted by molar-refractivity contribution is 7.13. The molecule has 29 heavy (non-hydrogen) atoms. The first-order chi connectivity index (χ1) is 14.1. The molecule has 2 N–H and O–H groups in total. The molecule has 1 aliphatic rings. The maximum atomic E-state index is 12.6. The average Bonchev–Trinajstić information content (AvgIpc) is 3.10. The quantitative estimate of drug-likeness (QED) is 0.639. The molecule has 1 aliphatic heterocycles. The zero-order valence-corrected chi connectivity index (χ0v) is 16.7. The number of hydrogen-bond acceptors (Lipinski definition) is 6. The number of amides is 2. The van der Waals surface area contributed by atoms with E-state index >= 15 is 0 Å². The molecule has 0 radical (unpaired) electrons. The fourth-order valence-corrected chi connectivity index (χ4v) is 3.51. The second-order valence-electron chi connectivity index (χ2n) is 6.16. The van der Waals surface area contributed by atoms with Crippen molar-refractivity contribution < 1.29 is 19.1 Å². The summed E-state index contributed by atoms with van der Waals surface area (Å²) in [5.74, 6) is 0.292. The third kappa shape index (κ3) is 4.49. The van der Waals surface area contributed by atoms with Gasteiger partial charge in [-0.25, -0.2) is 4.98 Å². The van der Waals surface area contributed by atoms with E-state index in [1.54, 1.807) is 48.0 Å². The van der Waals surface area contributed by atoms with Crippen LogP contribution in [0.2, 0.25) is 5.02 Å². The number of hydrogen-bond donors (Lipinski definition) is 2. The molecule has 0 saturated heterocycles. The van der Waals surface area contributed by atoms with Crippen molar-refractivity contribution in [1.29, 1.82) is 0 Å². The molecule has 2 aromatic carbocycles. The van der Waals surface area contributed by atoms with Crippen LogP contribution in [0.25, 0.3) is 0 Å². The molecule has 0 atom stereocenters. The van der Waals surface area contributed by atoms with E-state index in [0.29, 0.717) is 51.7 Å². The normalized spacial score (nSPS) is 12.7. The Morgan fingerprint density at radius 2 is 1.76 bits per heavy atom. The first-order valence-corrected chi connectivity index (χ1v) is 10.1. The van der Waals surface area contributed by atoms with Crippen LogP contribution >= 0.6 is 22.9 Å². The molecule has 7 nitrogen and oxygen atoms in total. The number of carbonyl (C=O) groups is 2. The molecule has 1 aromatic heterocycles. The average molecular weight is 430 g/mol. The van der Waals surface area contributed by atoms with Crippen LogP contribution < -0.4 is 20.1 Å². The van der Waals surface area contributed by atoms with Gasteiger partial charge in [-0.1, -0.05) is 11.6 Å². The van der Waals surface area contributed by atoms with Crippen LogP contribution in [-0.2, 0) is 0 Å². The summed E-state index contributed by atoms with van der Waals surface area (Å²) < 4.78 is 11.2. The van der Waals surface area contributed by atoms with E-state index in [1.165, 1.54) is 11.3 Å². The number of nitrogens with zero attached hydrogens (tertiary/aromatic N) is 1. The number of benzene rings is 2. The standard InChI is InChI=1S/C20H16ClN3O4S/c21-15-10-13(11-16-17(15)28-8-1-7-27-16)19(26)23-14-4-2-12(3-5-14)18(25)24-20-22-6-9-29-20/h2-6,9-11H,1,7-8H2,(H,23,26)(H,22,24,25). The minimum absolute atomic E-state index is 0.271. The monoisotopic (exact) mass is 429 g/mol. The summed E-state index contributed by atoms with van der Waals surface area (Å²) in [6.07, 6.45) is 2.36. The number of carbonyl (C=O) groups excluding carboxylic acids is 2. The van der Waals surface area contributed by atoms with Crippen molar-refractivity contribution in [3.63, 3.8) is 0 Å². The van der Waals surface area contributed by atoms with Gasteiger partial charge in [-0.3, -0.25) is 14.9 Å². The fraction of sp³-hybridized carbons (Fsp3) is 0.150. The number of rotatable bonds is 4. The number of aromatic nitrogens is 1. The largest absolute Gasteiger partial charge is 0.489 e. The number of anilines is 2. The molecular formula is C20H16ClN3O4S. The summed E-state index contributed by atoms with van der Waals surface area (Å²) in [6, 6.07) is 9.70. The van der Waals surface area contributed by atoms with Crippen molar-refractivity contribution in [2.24, 2.45) is 0 Å². The molecule has 0 saturated carbocycles. The minimum atomic E-state index is -0.345. The highest BCUT2D eigenvalue weighted by Gasteiger charge is 2.18. The molecule has 0 spiro atoms. The number of fused-ring (bicyclic) bond motifs is 1. The zero-order chi connectivity index (χ0) is 20.2. The Balaban J connectivity index is 1.45. The lowest BCUT2D eigenvalue weighted by atomic mass is 10.1. The molecule has 3 aromatic rings. The van der Waals surface area contributed by atoms with Gasteiger partial charge in [0.2, 0.25) is 0 Å². The molecule has 9 heteroatoms. The molecule has 148 valence electrons. The second kappa shape index (κ2) is 8.50. The number of ether oxygens (including phenoxy) is 2. The lowest BCUT2D eigenvalue weighted by Gasteiger charge is -2.12. The van der Waals surface area contributed by atoms with Crippen LogP contribution in [0.3, 0.4) is 0 Å². The van der Waals surface area contributed by atoms with Crippen molar-refractivity contribution in [3.8, 4) is 11.5 Å². The maximum absolute atomic E-state index is 12.6. The Hall–Kier alpha value is -3.10.